The molecule has 0 aliphatic carbocycles. The fourth-order valence-electron chi connectivity index (χ4n) is 3.75. The molecule has 0 atom stereocenters. The van der Waals surface area contributed by atoms with Gasteiger partial charge in [0.15, 0.2) is 5.82 Å². The van der Waals surface area contributed by atoms with Crippen LogP contribution in [0, 0.1) is 10.1 Å². The highest BCUT2D eigenvalue weighted by Gasteiger charge is 2.16. The van der Waals surface area contributed by atoms with Gasteiger partial charge in [0.2, 0.25) is 0 Å². The van der Waals surface area contributed by atoms with E-state index in [4.69, 9.17) is 27.9 Å². The average molecular weight is 559 g/mol. The summed E-state index contributed by atoms with van der Waals surface area (Å²) in [7, 11) is 0. The summed E-state index contributed by atoms with van der Waals surface area (Å²) in [5.74, 6) is -0.363. The summed E-state index contributed by atoms with van der Waals surface area (Å²) in [6.45, 7) is 0. The van der Waals surface area contributed by atoms with Crippen molar-refractivity contribution in [3.8, 4) is 17.1 Å². The van der Waals surface area contributed by atoms with Crippen molar-refractivity contribution in [3.63, 3.8) is 0 Å². The first-order valence-electron chi connectivity index (χ1n) is 11.4. The third kappa shape index (κ3) is 5.40. The molecule has 0 saturated heterocycles. The molecule has 0 bridgehead atoms. The largest absolute Gasteiger partial charge is 0.422 e. The third-order valence-corrected chi connectivity index (χ3v) is 6.22. The van der Waals surface area contributed by atoms with Crippen LogP contribution in [0.4, 0.5) is 5.69 Å². The number of nitrogens with zero attached hydrogens (tertiary/aromatic N) is 4. The molecule has 0 aliphatic rings. The van der Waals surface area contributed by atoms with Crippen molar-refractivity contribution >= 4 is 52.0 Å². The number of nitro benzene ring substituents is 1. The molecule has 0 amide bonds. The topological polar surface area (TPSA) is 117 Å². The summed E-state index contributed by atoms with van der Waals surface area (Å²) < 4.78 is 6.65. The number of ether oxygens (including phenoxy) is 1. The minimum absolute atomic E-state index is 0.127. The summed E-state index contributed by atoms with van der Waals surface area (Å²) in [5, 5.41) is 16.3. The van der Waals surface area contributed by atoms with Crippen LogP contribution in [-0.2, 0) is 0 Å². The maximum atomic E-state index is 13.5. The number of nitro groups is 1. The summed E-state index contributed by atoms with van der Waals surface area (Å²) in [6, 6.07) is 23.3. The Bertz CT molecular complexity index is 1840. The molecule has 0 aliphatic heterocycles. The van der Waals surface area contributed by atoms with Crippen molar-refractivity contribution in [1.82, 2.24) is 9.66 Å². The quantitative estimate of drug-likeness (QED) is 0.0784. The number of halogens is 2. The summed E-state index contributed by atoms with van der Waals surface area (Å²) in [4.78, 5) is 41.1. The Balaban J connectivity index is 1.55. The first-order chi connectivity index (χ1) is 18.8. The van der Waals surface area contributed by atoms with Crippen molar-refractivity contribution in [2.24, 2.45) is 5.10 Å². The minimum Gasteiger partial charge on any atom is -0.422 e. The van der Waals surface area contributed by atoms with E-state index in [1.165, 1.54) is 30.5 Å². The molecule has 9 nitrogen and oxygen atoms in total. The lowest BCUT2D eigenvalue weighted by Crippen LogP contribution is -2.20. The summed E-state index contributed by atoms with van der Waals surface area (Å²) in [5.41, 5.74) is 0.845. The van der Waals surface area contributed by atoms with Crippen LogP contribution < -0.4 is 10.3 Å². The van der Waals surface area contributed by atoms with E-state index in [0.29, 0.717) is 27.1 Å². The van der Waals surface area contributed by atoms with Crippen LogP contribution in [0.1, 0.15) is 15.9 Å². The SMILES string of the molecule is O=C(Oc1ccccc1C=Nn1c(-c2ccc(Cl)cc2Cl)nc2ccccc2c1=O)c1ccc([N+](=O)[O-])cc1. The van der Waals surface area contributed by atoms with E-state index in [1.807, 2.05) is 0 Å². The highest BCUT2D eigenvalue weighted by atomic mass is 35.5. The first-order valence-corrected chi connectivity index (χ1v) is 12.1. The van der Waals surface area contributed by atoms with E-state index in [-0.39, 0.29) is 27.8 Å². The zero-order valence-electron chi connectivity index (χ0n) is 19.8. The van der Waals surface area contributed by atoms with E-state index in [9.17, 15) is 19.7 Å². The number of non-ortho nitro benzene ring substituents is 1. The number of aromatic nitrogens is 2. The number of benzene rings is 4. The molecule has 1 heterocycles. The van der Waals surface area contributed by atoms with E-state index >= 15 is 0 Å². The standard InChI is InChI=1S/C28H16Cl2N4O5/c29-19-11-14-21(23(30)15-19)26-32-24-7-3-2-6-22(24)27(35)33(26)31-16-18-5-1-4-8-25(18)39-28(36)17-9-12-20(13-10-17)34(37)38/h1-16H. The van der Waals surface area contributed by atoms with Gasteiger partial charge in [-0.25, -0.2) is 9.78 Å². The molecule has 5 aromatic rings. The van der Waals surface area contributed by atoms with E-state index in [2.05, 4.69) is 10.1 Å². The smallest absolute Gasteiger partial charge is 0.343 e. The van der Waals surface area contributed by atoms with Gasteiger partial charge < -0.3 is 4.74 Å². The lowest BCUT2D eigenvalue weighted by Gasteiger charge is -2.11. The van der Waals surface area contributed by atoms with Crippen LogP contribution in [0.25, 0.3) is 22.3 Å². The van der Waals surface area contributed by atoms with Gasteiger partial charge in [0, 0.05) is 28.3 Å². The van der Waals surface area contributed by atoms with Gasteiger partial charge in [0.05, 0.1) is 32.6 Å². The molecule has 0 saturated carbocycles. The second kappa shape index (κ2) is 10.9. The van der Waals surface area contributed by atoms with Crippen LogP contribution in [0.2, 0.25) is 10.0 Å². The molecule has 0 spiro atoms. The van der Waals surface area contributed by atoms with E-state index in [0.717, 1.165) is 4.68 Å². The van der Waals surface area contributed by atoms with Gasteiger partial charge in [-0.2, -0.15) is 9.78 Å². The molecule has 0 unspecified atom stereocenters. The molecule has 0 radical (unpaired) electrons. The molecule has 39 heavy (non-hydrogen) atoms. The molecule has 11 heteroatoms. The number of esters is 1. The lowest BCUT2D eigenvalue weighted by atomic mass is 10.2. The summed E-state index contributed by atoms with van der Waals surface area (Å²) in [6.07, 6.45) is 1.36. The Morgan fingerprint density at radius 3 is 2.44 bits per heavy atom. The van der Waals surface area contributed by atoms with Crippen molar-refractivity contribution in [2.75, 3.05) is 0 Å². The maximum absolute atomic E-state index is 13.5. The molecule has 192 valence electrons. The molecule has 1 aromatic heterocycles. The predicted octanol–water partition coefficient (Wildman–Crippen LogP) is 6.38. The number of carbonyl (C=O) groups excluding carboxylic acids is 1. The molecule has 0 fully saturated rings. The maximum Gasteiger partial charge on any atom is 0.343 e. The first kappa shape index (κ1) is 25.8. The molecular formula is C28H16Cl2N4O5. The minimum atomic E-state index is -0.719. The van der Waals surface area contributed by atoms with Gasteiger partial charge in [-0.1, -0.05) is 47.5 Å². The fraction of sp³-hybridized carbons (Fsp3) is 0. The predicted molar refractivity (Wildman–Crippen MR) is 149 cm³/mol. The molecule has 5 rings (SSSR count). The van der Waals surface area contributed by atoms with E-state index in [1.54, 1.807) is 66.7 Å². The monoisotopic (exact) mass is 558 g/mol. The number of carbonyl (C=O) groups is 1. The Morgan fingerprint density at radius 1 is 0.974 bits per heavy atom. The zero-order valence-corrected chi connectivity index (χ0v) is 21.3. The Hall–Kier alpha value is -4.86. The van der Waals surface area contributed by atoms with Crippen LogP contribution >= 0.6 is 23.2 Å². The van der Waals surface area contributed by atoms with Crippen LogP contribution in [-0.4, -0.2) is 26.8 Å². The van der Waals surface area contributed by atoms with Crippen molar-refractivity contribution in [1.29, 1.82) is 0 Å². The lowest BCUT2D eigenvalue weighted by molar-refractivity contribution is -0.384. The van der Waals surface area contributed by atoms with Crippen molar-refractivity contribution in [2.45, 2.75) is 0 Å². The van der Waals surface area contributed by atoms with E-state index < -0.39 is 16.5 Å². The van der Waals surface area contributed by atoms with Crippen molar-refractivity contribution < 1.29 is 14.5 Å². The number of hydrogen-bond acceptors (Lipinski definition) is 7. The van der Waals surface area contributed by atoms with Gasteiger partial charge in [0.1, 0.15) is 5.75 Å². The number of fused-ring (bicyclic) bond motifs is 1. The fourth-order valence-corrected chi connectivity index (χ4v) is 4.25. The van der Waals surface area contributed by atoms with Gasteiger partial charge in [-0.3, -0.25) is 14.9 Å². The van der Waals surface area contributed by atoms with Gasteiger partial charge >= 0.3 is 5.97 Å². The number of para-hydroxylation sites is 2. The second-order valence-corrected chi connectivity index (χ2v) is 9.01. The zero-order chi connectivity index (χ0) is 27.5. The van der Waals surface area contributed by atoms with Gasteiger partial charge in [0.25, 0.3) is 11.2 Å². The third-order valence-electron chi connectivity index (χ3n) is 5.67. The molecule has 0 N–H and O–H groups in total. The Labute approximate surface area is 230 Å². The molecular weight excluding hydrogens is 543 g/mol. The molecule has 4 aromatic carbocycles. The highest BCUT2D eigenvalue weighted by Crippen LogP contribution is 2.29. The second-order valence-electron chi connectivity index (χ2n) is 8.17. The highest BCUT2D eigenvalue weighted by molar-refractivity contribution is 6.36. The Morgan fingerprint density at radius 2 is 1.69 bits per heavy atom. The van der Waals surface area contributed by atoms with Crippen LogP contribution in [0.3, 0.4) is 0 Å². The summed E-state index contributed by atoms with van der Waals surface area (Å²) >= 11 is 12.5. The van der Waals surface area contributed by atoms with Gasteiger partial charge in [-0.05, 0) is 54.6 Å². The van der Waals surface area contributed by atoms with Gasteiger partial charge in [-0.15, -0.1) is 0 Å². The van der Waals surface area contributed by atoms with Crippen LogP contribution in [0.5, 0.6) is 5.75 Å². The normalized spacial score (nSPS) is 11.1. The number of rotatable bonds is 6. The number of hydrogen-bond donors (Lipinski definition) is 0. The van der Waals surface area contributed by atoms with Crippen molar-refractivity contribution in [3.05, 3.63) is 133 Å². The Kier molecular flexibility index (Phi) is 7.18. The average Bonchev–Trinajstić information content (AvgIpc) is 2.93. The van der Waals surface area contributed by atoms with Crippen LogP contribution in [0.15, 0.2) is 101 Å².